The monoisotopic (exact) mass is 781 g/mol. The van der Waals surface area contributed by atoms with Crippen LogP contribution in [0.1, 0.15) is 77.1 Å². The molecule has 1 aliphatic heterocycles. The van der Waals surface area contributed by atoms with Gasteiger partial charge in [-0.3, -0.25) is 14.3 Å². The molecule has 0 radical (unpaired) electrons. The van der Waals surface area contributed by atoms with Gasteiger partial charge in [-0.15, -0.1) is 0 Å². The third-order valence-electron chi connectivity index (χ3n) is 9.33. The molecule has 6 rings (SSSR count). The van der Waals surface area contributed by atoms with Gasteiger partial charge in [-0.2, -0.15) is 13.9 Å². The summed E-state index contributed by atoms with van der Waals surface area (Å²) in [6, 6.07) is 5.73. The van der Waals surface area contributed by atoms with E-state index >= 15 is 8.78 Å². The summed E-state index contributed by atoms with van der Waals surface area (Å²) in [6.45, 7) is 1.18. The van der Waals surface area contributed by atoms with E-state index in [9.17, 15) is 45.1 Å². The Hall–Kier alpha value is -5.49. The Morgan fingerprint density at radius 2 is 1.69 bits per heavy atom. The summed E-state index contributed by atoms with van der Waals surface area (Å²) in [5.74, 6) is -13.8. The van der Waals surface area contributed by atoms with Crippen LogP contribution < -0.4 is 10.6 Å². The van der Waals surface area contributed by atoms with E-state index in [1.807, 2.05) is 0 Å². The number of halogens is 9. The van der Waals surface area contributed by atoms with Gasteiger partial charge in [0, 0.05) is 69.2 Å². The minimum absolute atomic E-state index is 0.000536. The van der Waals surface area contributed by atoms with E-state index in [1.165, 1.54) is 23.2 Å². The van der Waals surface area contributed by atoms with E-state index in [0.29, 0.717) is 19.2 Å². The summed E-state index contributed by atoms with van der Waals surface area (Å²) in [7, 11) is 0. The second kappa shape index (κ2) is 15.3. The molecular formula is C36H32F9N7O3. The van der Waals surface area contributed by atoms with Crippen LogP contribution in [0.15, 0.2) is 42.6 Å². The van der Waals surface area contributed by atoms with Crippen molar-refractivity contribution in [1.82, 2.24) is 30.0 Å². The number of nitrogens with one attached hydrogen (secondary N) is 2. The van der Waals surface area contributed by atoms with Gasteiger partial charge in [0.05, 0.1) is 16.8 Å². The highest BCUT2D eigenvalue weighted by molar-refractivity contribution is 5.95. The third kappa shape index (κ3) is 8.44. The first-order valence-electron chi connectivity index (χ1n) is 17.0. The number of carbonyl (C=O) groups excluding carboxylic acids is 3. The summed E-state index contributed by atoms with van der Waals surface area (Å²) >= 11 is 0. The first-order chi connectivity index (χ1) is 25.9. The van der Waals surface area contributed by atoms with Crippen LogP contribution in [0.3, 0.4) is 0 Å². The first kappa shape index (κ1) is 39.2. The second-order valence-corrected chi connectivity index (χ2v) is 13.3. The smallest absolute Gasteiger partial charge is 0.317 e. The molecule has 2 aliphatic rings. The van der Waals surface area contributed by atoms with Gasteiger partial charge < -0.3 is 15.5 Å². The van der Waals surface area contributed by atoms with Crippen molar-refractivity contribution in [1.29, 1.82) is 0 Å². The Morgan fingerprint density at radius 3 is 2.35 bits per heavy atom. The number of ketones is 2. The largest absolute Gasteiger partial charge is 0.352 e. The van der Waals surface area contributed by atoms with Crippen molar-refractivity contribution in [3.8, 4) is 11.1 Å². The zero-order valence-electron chi connectivity index (χ0n) is 28.9. The number of benzene rings is 2. The Morgan fingerprint density at radius 1 is 0.982 bits per heavy atom. The molecule has 1 aliphatic carbocycles. The minimum Gasteiger partial charge on any atom is -0.352 e. The lowest BCUT2D eigenvalue weighted by molar-refractivity contribution is -0.121. The van der Waals surface area contributed by atoms with Crippen LogP contribution in [0.4, 0.5) is 50.3 Å². The summed E-state index contributed by atoms with van der Waals surface area (Å²) < 4.78 is 131. The molecule has 0 unspecified atom stereocenters. The standard InChI is InChI=1S/C36H32F9N7O3/c1-18(53)25-14-20(2-3-27(25)39)26-16-48-33(46-6-8-51-9-7-47-34(51)55)49-29(26)21(10-19-11-22(37)15-23(38)12-19)13-24(54)17-52-31-28(30(50-52)32(40)41)35(42,43)4-5-36(31,44)45/h2-3,11-12,14-16,21,32H,4-10,13,17H2,1H3,(H,47,55)(H,46,48,49)/t21-/m1/s1. The van der Waals surface area contributed by atoms with Gasteiger partial charge in [0.1, 0.15) is 35.4 Å². The van der Waals surface area contributed by atoms with E-state index < -0.39 is 96.0 Å². The van der Waals surface area contributed by atoms with E-state index in [0.717, 1.165) is 25.1 Å². The fraction of sp³-hybridized carbons (Fsp3) is 0.389. The average Bonchev–Trinajstić information content (AvgIpc) is 3.71. The van der Waals surface area contributed by atoms with Gasteiger partial charge in [0.2, 0.25) is 5.95 Å². The molecule has 2 aromatic carbocycles. The molecule has 2 N–H and O–H groups in total. The van der Waals surface area contributed by atoms with Gasteiger partial charge in [-0.25, -0.2) is 45.5 Å². The molecule has 2 amide bonds. The summed E-state index contributed by atoms with van der Waals surface area (Å²) in [5, 5.41) is 8.94. The fourth-order valence-electron chi connectivity index (χ4n) is 6.83. The van der Waals surface area contributed by atoms with Crippen molar-refractivity contribution in [3.05, 3.63) is 93.8 Å². The number of rotatable bonds is 14. The molecule has 1 fully saturated rings. The number of urea groups is 1. The summed E-state index contributed by atoms with van der Waals surface area (Å²) in [6.07, 6.45) is -6.28. The lowest BCUT2D eigenvalue weighted by atomic mass is 9.86. The van der Waals surface area contributed by atoms with Gasteiger partial charge >= 0.3 is 6.03 Å². The predicted molar refractivity (Wildman–Crippen MR) is 178 cm³/mol. The minimum atomic E-state index is -4.08. The zero-order valence-corrected chi connectivity index (χ0v) is 28.9. The highest BCUT2D eigenvalue weighted by Gasteiger charge is 2.55. The van der Waals surface area contributed by atoms with Crippen LogP contribution >= 0.6 is 0 Å². The summed E-state index contributed by atoms with van der Waals surface area (Å²) in [5.41, 5.74) is -4.78. The number of amides is 2. The van der Waals surface area contributed by atoms with Gasteiger partial charge in [0.15, 0.2) is 11.6 Å². The van der Waals surface area contributed by atoms with Crippen molar-refractivity contribution >= 4 is 23.5 Å². The van der Waals surface area contributed by atoms with Crippen LogP contribution in [0.2, 0.25) is 0 Å². The van der Waals surface area contributed by atoms with Crippen molar-refractivity contribution in [3.63, 3.8) is 0 Å². The van der Waals surface area contributed by atoms with Crippen LogP contribution in [0.25, 0.3) is 11.1 Å². The number of alkyl halides is 6. The van der Waals surface area contributed by atoms with Crippen LogP contribution in [0, 0.1) is 17.5 Å². The first-order valence-corrected chi connectivity index (χ1v) is 17.0. The molecule has 0 spiro atoms. The van der Waals surface area contributed by atoms with Gasteiger partial charge in [-0.05, 0) is 48.7 Å². The zero-order chi connectivity index (χ0) is 39.8. The molecule has 1 saturated heterocycles. The Bertz CT molecular complexity index is 2120. The number of hydrogen-bond acceptors (Lipinski definition) is 7. The van der Waals surface area contributed by atoms with E-state index in [2.05, 4.69) is 25.7 Å². The number of nitrogens with zero attached hydrogens (tertiary/aromatic N) is 5. The topological polar surface area (TPSA) is 122 Å². The van der Waals surface area contributed by atoms with Crippen molar-refractivity contribution in [2.24, 2.45) is 0 Å². The number of Topliss-reactive ketones (excluding diaryl/α,β-unsaturated/α-hetero) is 2. The van der Waals surface area contributed by atoms with Gasteiger partial charge in [0.25, 0.3) is 18.3 Å². The highest BCUT2D eigenvalue weighted by atomic mass is 19.3. The number of fused-ring (bicyclic) bond motifs is 1. The molecule has 3 heterocycles. The molecule has 4 aromatic rings. The molecule has 0 saturated carbocycles. The molecule has 292 valence electrons. The second-order valence-electron chi connectivity index (χ2n) is 13.3. The number of hydrogen-bond donors (Lipinski definition) is 2. The van der Waals surface area contributed by atoms with E-state index in [1.54, 1.807) is 0 Å². The van der Waals surface area contributed by atoms with E-state index in [4.69, 9.17) is 0 Å². The molecule has 55 heavy (non-hydrogen) atoms. The van der Waals surface area contributed by atoms with Gasteiger partial charge in [-0.1, -0.05) is 6.07 Å². The fourth-order valence-corrected chi connectivity index (χ4v) is 6.83. The number of carbonyl (C=O) groups is 3. The highest BCUT2D eigenvalue weighted by Crippen LogP contribution is 2.52. The van der Waals surface area contributed by atoms with E-state index in [-0.39, 0.29) is 64.1 Å². The Kier molecular flexibility index (Phi) is 10.9. The Labute approximate surface area is 307 Å². The molecule has 0 bridgehead atoms. The molecular weight excluding hydrogens is 749 g/mol. The maximum absolute atomic E-state index is 15.1. The quantitative estimate of drug-likeness (QED) is 0.102. The number of anilines is 1. The lowest BCUT2D eigenvalue weighted by Gasteiger charge is -2.29. The average molecular weight is 782 g/mol. The molecule has 10 nitrogen and oxygen atoms in total. The SMILES string of the molecule is CC(=O)c1cc(-c2cnc(NCCN3CCNC3=O)nc2[C@@H](CC(=O)Cn2nc(C(F)F)c3c2C(F)(F)CCC3(F)F)Cc2cc(F)cc(F)c2)ccc1F. The molecule has 19 heteroatoms. The predicted octanol–water partition coefficient (Wildman–Crippen LogP) is 7.30. The van der Waals surface area contributed by atoms with Crippen molar-refractivity contribution in [2.45, 2.75) is 63.3 Å². The number of aromatic nitrogens is 4. The van der Waals surface area contributed by atoms with Crippen LogP contribution in [-0.2, 0) is 29.6 Å². The third-order valence-corrected chi connectivity index (χ3v) is 9.33. The molecule has 2 aromatic heterocycles. The Balaban J connectivity index is 1.42. The van der Waals surface area contributed by atoms with Crippen molar-refractivity contribution < 1.29 is 53.9 Å². The maximum Gasteiger partial charge on any atom is 0.317 e. The maximum atomic E-state index is 15.1. The van der Waals surface area contributed by atoms with Crippen LogP contribution in [-0.4, -0.2) is 68.4 Å². The normalized spacial score (nSPS) is 16.6. The summed E-state index contributed by atoms with van der Waals surface area (Å²) in [4.78, 5) is 48.4. The lowest BCUT2D eigenvalue weighted by Crippen LogP contribution is -2.33. The molecule has 1 atom stereocenters. The van der Waals surface area contributed by atoms with Crippen LogP contribution in [0.5, 0.6) is 0 Å². The van der Waals surface area contributed by atoms with Crippen molar-refractivity contribution in [2.75, 3.05) is 31.5 Å².